The van der Waals surface area contributed by atoms with Gasteiger partial charge in [0.1, 0.15) is 11.6 Å². The van der Waals surface area contributed by atoms with Crippen molar-refractivity contribution in [3.05, 3.63) is 29.3 Å². The van der Waals surface area contributed by atoms with Crippen LogP contribution in [-0.2, 0) is 5.75 Å². The zero-order valence-electron chi connectivity index (χ0n) is 11.2. The van der Waals surface area contributed by atoms with Gasteiger partial charge in [-0.1, -0.05) is 19.8 Å². The van der Waals surface area contributed by atoms with Gasteiger partial charge >= 0.3 is 0 Å². The fourth-order valence-electron chi connectivity index (χ4n) is 1.70. The number of hydrogen-bond donors (Lipinski definition) is 2. The first-order chi connectivity index (χ1) is 8.69. The fourth-order valence-corrected chi connectivity index (χ4v) is 2.69. The molecule has 3 N–H and O–H groups in total. The van der Waals surface area contributed by atoms with Gasteiger partial charge in [-0.2, -0.15) is 11.8 Å². The second kappa shape index (κ2) is 8.03. The minimum atomic E-state index is 0.106. The number of thioether (sulfide) groups is 1. The number of benzene rings is 1. The van der Waals surface area contributed by atoms with E-state index in [0.717, 1.165) is 22.6 Å². The number of rotatable bonds is 8. The van der Waals surface area contributed by atoms with E-state index in [0.29, 0.717) is 0 Å². The van der Waals surface area contributed by atoms with Gasteiger partial charge in [-0.15, -0.1) is 0 Å². The van der Waals surface area contributed by atoms with Gasteiger partial charge in [0.2, 0.25) is 0 Å². The first-order valence-electron chi connectivity index (χ1n) is 6.28. The lowest BCUT2D eigenvalue weighted by atomic mass is 10.1. The molecule has 18 heavy (non-hydrogen) atoms. The highest BCUT2D eigenvalue weighted by Gasteiger charge is 2.06. The van der Waals surface area contributed by atoms with Crippen LogP contribution in [0.2, 0.25) is 0 Å². The predicted octanol–water partition coefficient (Wildman–Crippen LogP) is 3.40. The van der Waals surface area contributed by atoms with Gasteiger partial charge in [0, 0.05) is 16.9 Å². The summed E-state index contributed by atoms with van der Waals surface area (Å²) in [5.41, 5.74) is 7.39. The van der Waals surface area contributed by atoms with Crippen LogP contribution < -0.4 is 10.5 Å². The lowest BCUT2D eigenvalue weighted by Gasteiger charge is -2.10. The summed E-state index contributed by atoms with van der Waals surface area (Å²) >= 11 is 1.90. The molecule has 0 saturated heterocycles. The van der Waals surface area contributed by atoms with Crippen LogP contribution in [0.15, 0.2) is 18.2 Å². The Balaban J connectivity index is 2.61. The van der Waals surface area contributed by atoms with Crippen LogP contribution in [0, 0.1) is 5.41 Å². The van der Waals surface area contributed by atoms with Crippen molar-refractivity contribution in [3.8, 4) is 5.75 Å². The molecule has 0 bridgehead atoms. The Labute approximate surface area is 114 Å². The molecule has 100 valence electrons. The number of nitrogen functional groups attached to an aromatic ring is 1. The van der Waals surface area contributed by atoms with Crippen LogP contribution >= 0.6 is 11.8 Å². The lowest BCUT2D eigenvalue weighted by molar-refractivity contribution is 0.411. The SMILES string of the molecule is CCCCCSCc1cc(C(=N)N)ccc1OC. The van der Waals surface area contributed by atoms with Gasteiger partial charge in [0.15, 0.2) is 0 Å². The minimum absolute atomic E-state index is 0.106. The van der Waals surface area contributed by atoms with E-state index in [1.54, 1.807) is 7.11 Å². The number of nitrogens with one attached hydrogen (secondary N) is 1. The maximum atomic E-state index is 7.46. The molecule has 0 aromatic heterocycles. The molecule has 3 nitrogen and oxygen atoms in total. The van der Waals surface area contributed by atoms with Gasteiger partial charge in [0.25, 0.3) is 0 Å². The monoisotopic (exact) mass is 266 g/mol. The maximum absolute atomic E-state index is 7.46. The van der Waals surface area contributed by atoms with Crippen molar-refractivity contribution in [3.63, 3.8) is 0 Å². The predicted molar refractivity (Wildman–Crippen MR) is 79.7 cm³/mol. The molecule has 1 aromatic rings. The highest BCUT2D eigenvalue weighted by Crippen LogP contribution is 2.25. The van der Waals surface area contributed by atoms with Crippen LogP contribution in [0.1, 0.15) is 37.3 Å². The maximum Gasteiger partial charge on any atom is 0.122 e. The van der Waals surface area contributed by atoms with Crippen LogP contribution in [0.5, 0.6) is 5.75 Å². The minimum Gasteiger partial charge on any atom is -0.496 e. The molecule has 0 aliphatic heterocycles. The van der Waals surface area contributed by atoms with E-state index in [2.05, 4.69) is 6.92 Å². The summed E-state index contributed by atoms with van der Waals surface area (Å²) in [4.78, 5) is 0. The summed E-state index contributed by atoms with van der Waals surface area (Å²) in [5.74, 6) is 3.06. The molecule has 0 heterocycles. The molecular formula is C14H22N2OS. The van der Waals surface area contributed by atoms with Crippen LogP contribution in [-0.4, -0.2) is 18.7 Å². The normalized spacial score (nSPS) is 10.3. The van der Waals surface area contributed by atoms with E-state index in [1.165, 1.54) is 25.0 Å². The molecule has 0 atom stereocenters. The van der Waals surface area contributed by atoms with Crippen molar-refractivity contribution in [1.82, 2.24) is 0 Å². The van der Waals surface area contributed by atoms with Gasteiger partial charge < -0.3 is 10.5 Å². The Morgan fingerprint density at radius 2 is 2.17 bits per heavy atom. The van der Waals surface area contributed by atoms with Crippen molar-refractivity contribution in [2.45, 2.75) is 31.9 Å². The number of unbranched alkanes of at least 4 members (excludes halogenated alkanes) is 2. The summed E-state index contributed by atoms with van der Waals surface area (Å²) in [5, 5.41) is 7.46. The Morgan fingerprint density at radius 1 is 1.39 bits per heavy atom. The van der Waals surface area contributed by atoms with Crippen molar-refractivity contribution in [1.29, 1.82) is 5.41 Å². The quantitative estimate of drug-likeness (QED) is 0.431. The number of amidine groups is 1. The topological polar surface area (TPSA) is 59.1 Å². The summed E-state index contributed by atoms with van der Waals surface area (Å²) < 4.78 is 5.33. The van der Waals surface area contributed by atoms with Crippen molar-refractivity contribution < 1.29 is 4.74 Å². The van der Waals surface area contributed by atoms with E-state index in [1.807, 2.05) is 30.0 Å². The fraction of sp³-hybridized carbons (Fsp3) is 0.500. The van der Waals surface area contributed by atoms with E-state index in [9.17, 15) is 0 Å². The molecule has 4 heteroatoms. The van der Waals surface area contributed by atoms with Gasteiger partial charge in [-0.05, 0) is 30.4 Å². The number of nitrogens with two attached hydrogens (primary N) is 1. The first kappa shape index (κ1) is 14.9. The van der Waals surface area contributed by atoms with E-state index >= 15 is 0 Å². The first-order valence-corrected chi connectivity index (χ1v) is 7.43. The van der Waals surface area contributed by atoms with E-state index < -0.39 is 0 Å². The number of ether oxygens (including phenoxy) is 1. The average Bonchev–Trinajstić information content (AvgIpc) is 2.38. The molecule has 0 spiro atoms. The Morgan fingerprint density at radius 3 is 2.78 bits per heavy atom. The third-order valence-corrected chi connectivity index (χ3v) is 3.83. The van der Waals surface area contributed by atoms with Crippen LogP contribution in [0.4, 0.5) is 0 Å². The molecule has 0 unspecified atom stereocenters. The smallest absolute Gasteiger partial charge is 0.122 e. The molecule has 0 fully saturated rings. The molecule has 0 radical (unpaired) electrons. The second-order valence-electron chi connectivity index (χ2n) is 4.20. The highest BCUT2D eigenvalue weighted by molar-refractivity contribution is 7.98. The molecular weight excluding hydrogens is 244 g/mol. The molecule has 0 aliphatic carbocycles. The lowest BCUT2D eigenvalue weighted by Crippen LogP contribution is -2.11. The molecule has 0 amide bonds. The van der Waals surface area contributed by atoms with Crippen molar-refractivity contribution in [2.24, 2.45) is 5.73 Å². The summed E-state index contributed by atoms with van der Waals surface area (Å²) in [6.07, 6.45) is 3.80. The highest BCUT2D eigenvalue weighted by atomic mass is 32.2. The zero-order chi connectivity index (χ0) is 13.4. The molecule has 0 saturated carbocycles. The van der Waals surface area contributed by atoms with Gasteiger partial charge in [0.05, 0.1) is 7.11 Å². The number of methoxy groups -OCH3 is 1. The van der Waals surface area contributed by atoms with E-state index in [-0.39, 0.29) is 5.84 Å². The van der Waals surface area contributed by atoms with Gasteiger partial charge in [-0.3, -0.25) is 5.41 Å². The third-order valence-electron chi connectivity index (χ3n) is 2.74. The molecule has 1 aromatic carbocycles. The standard InChI is InChI=1S/C14H22N2OS/c1-3-4-5-8-18-10-12-9-11(14(15)16)6-7-13(12)17-2/h6-7,9H,3-5,8,10H2,1-2H3,(H3,15,16). The summed E-state index contributed by atoms with van der Waals surface area (Å²) in [7, 11) is 1.67. The van der Waals surface area contributed by atoms with Crippen molar-refractivity contribution in [2.75, 3.05) is 12.9 Å². The van der Waals surface area contributed by atoms with Crippen LogP contribution in [0.25, 0.3) is 0 Å². The van der Waals surface area contributed by atoms with E-state index in [4.69, 9.17) is 15.9 Å². The summed E-state index contributed by atoms with van der Waals surface area (Å²) in [6.45, 7) is 2.21. The summed E-state index contributed by atoms with van der Waals surface area (Å²) in [6, 6.07) is 5.67. The largest absolute Gasteiger partial charge is 0.496 e. The zero-order valence-corrected chi connectivity index (χ0v) is 12.0. The number of hydrogen-bond acceptors (Lipinski definition) is 3. The Bertz CT molecular complexity index is 393. The van der Waals surface area contributed by atoms with Crippen LogP contribution in [0.3, 0.4) is 0 Å². The molecule has 0 aliphatic rings. The third kappa shape index (κ3) is 4.61. The second-order valence-corrected chi connectivity index (χ2v) is 5.31. The Kier molecular flexibility index (Phi) is 6.65. The van der Waals surface area contributed by atoms with Crippen molar-refractivity contribution >= 4 is 17.6 Å². The average molecular weight is 266 g/mol. The molecule has 1 rings (SSSR count). The Hall–Kier alpha value is -1.16. The van der Waals surface area contributed by atoms with Gasteiger partial charge in [-0.25, -0.2) is 0 Å².